The number of anilines is 1. The molecule has 2 N–H and O–H groups in total. The molecule has 4 heterocycles. The van der Waals surface area contributed by atoms with E-state index in [4.69, 9.17) is 36.3 Å². The first-order valence-corrected chi connectivity index (χ1v) is 10.2. The molecule has 28 heavy (non-hydrogen) atoms. The Bertz CT molecular complexity index is 884. The Morgan fingerprint density at radius 1 is 1.25 bits per heavy atom. The van der Waals surface area contributed by atoms with Crippen molar-refractivity contribution in [2.45, 2.75) is 76.0 Å². The number of halogens is 1. The summed E-state index contributed by atoms with van der Waals surface area (Å²) in [5, 5.41) is 0. The molecule has 0 aromatic carbocycles. The number of imidazole rings is 1. The maximum Gasteiger partial charge on any atom is 0.320 e. The lowest BCUT2D eigenvalue weighted by Gasteiger charge is -2.24. The molecule has 0 bridgehead atoms. The maximum absolute atomic E-state index is 6.14. The minimum Gasteiger partial charge on any atom is -0.460 e. The molecular formula is C18H24ClN5O4. The van der Waals surface area contributed by atoms with Crippen LogP contribution in [-0.4, -0.2) is 55.6 Å². The highest BCUT2D eigenvalue weighted by Crippen LogP contribution is 2.44. The van der Waals surface area contributed by atoms with Gasteiger partial charge in [0, 0.05) is 0 Å². The van der Waals surface area contributed by atoms with Gasteiger partial charge in [-0.25, -0.2) is 4.98 Å². The first-order valence-electron chi connectivity index (χ1n) is 9.69. The highest BCUT2D eigenvalue weighted by molar-refractivity contribution is 6.18. The van der Waals surface area contributed by atoms with Gasteiger partial charge in [-0.2, -0.15) is 9.97 Å². The predicted octanol–water partition coefficient (Wildman–Crippen LogP) is 2.39. The molecule has 4 atom stereocenters. The summed E-state index contributed by atoms with van der Waals surface area (Å²) < 4.78 is 26.0. The first kappa shape index (κ1) is 18.4. The van der Waals surface area contributed by atoms with E-state index in [0.29, 0.717) is 17.0 Å². The quantitative estimate of drug-likeness (QED) is 0.767. The Hall–Kier alpha value is -1.68. The number of nitrogens with zero attached hydrogens (tertiary/aromatic N) is 4. The van der Waals surface area contributed by atoms with Gasteiger partial charge in [0.1, 0.15) is 24.4 Å². The minimum absolute atomic E-state index is 0.133. The molecule has 0 spiro atoms. The van der Waals surface area contributed by atoms with Crippen molar-refractivity contribution in [2.75, 3.05) is 11.6 Å². The maximum atomic E-state index is 6.14. The predicted molar refractivity (Wildman–Crippen MR) is 101 cm³/mol. The Balaban J connectivity index is 1.51. The summed E-state index contributed by atoms with van der Waals surface area (Å²) in [6.45, 7) is 3.76. The molecule has 1 aliphatic carbocycles. The van der Waals surface area contributed by atoms with Gasteiger partial charge >= 0.3 is 6.01 Å². The molecule has 1 saturated carbocycles. The van der Waals surface area contributed by atoms with Gasteiger partial charge in [0.15, 0.2) is 29.0 Å². The Morgan fingerprint density at radius 2 is 2.00 bits per heavy atom. The molecule has 3 aliphatic rings. The van der Waals surface area contributed by atoms with E-state index in [1.165, 1.54) is 0 Å². The molecule has 2 aliphatic heterocycles. The normalized spacial score (nSPS) is 32.2. The summed E-state index contributed by atoms with van der Waals surface area (Å²) in [7, 11) is 0. The van der Waals surface area contributed by atoms with Gasteiger partial charge in [-0.15, -0.1) is 11.6 Å². The number of ether oxygens (including phenoxy) is 4. The zero-order valence-corrected chi connectivity index (χ0v) is 16.6. The largest absolute Gasteiger partial charge is 0.460 e. The topological polar surface area (TPSA) is 107 Å². The number of rotatable bonds is 4. The number of alkyl halides is 1. The lowest BCUT2D eigenvalue weighted by molar-refractivity contribution is -0.193. The fourth-order valence-corrected chi connectivity index (χ4v) is 4.57. The summed E-state index contributed by atoms with van der Waals surface area (Å²) in [5.41, 5.74) is 7.18. The average Bonchev–Trinajstić information content (AvgIpc) is 3.39. The van der Waals surface area contributed by atoms with E-state index >= 15 is 0 Å². The molecule has 3 fully saturated rings. The van der Waals surface area contributed by atoms with Crippen LogP contribution < -0.4 is 10.5 Å². The zero-order chi connectivity index (χ0) is 19.5. The molecule has 2 aromatic heterocycles. The van der Waals surface area contributed by atoms with Crippen LogP contribution >= 0.6 is 11.6 Å². The fraction of sp³-hybridized carbons (Fsp3) is 0.722. The van der Waals surface area contributed by atoms with Crippen LogP contribution in [0.25, 0.3) is 11.2 Å². The Kier molecular flexibility index (Phi) is 4.38. The van der Waals surface area contributed by atoms with E-state index in [0.717, 1.165) is 25.7 Å². The molecule has 0 amide bonds. The summed E-state index contributed by atoms with van der Waals surface area (Å²) >= 11 is 6.11. The summed E-state index contributed by atoms with van der Waals surface area (Å²) in [6.07, 6.45) is 4.75. The van der Waals surface area contributed by atoms with Crippen LogP contribution in [0.1, 0.15) is 45.8 Å². The third-order valence-electron chi connectivity index (χ3n) is 5.55. The van der Waals surface area contributed by atoms with Crippen LogP contribution in [0.2, 0.25) is 0 Å². The van der Waals surface area contributed by atoms with E-state index in [9.17, 15) is 0 Å². The number of hydrogen-bond acceptors (Lipinski definition) is 8. The van der Waals surface area contributed by atoms with Gasteiger partial charge in [0.2, 0.25) is 0 Å². The number of aromatic nitrogens is 4. The minimum atomic E-state index is -0.706. The van der Waals surface area contributed by atoms with E-state index in [2.05, 4.69) is 15.0 Å². The molecular weight excluding hydrogens is 386 g/mol. The molecule has 152 valence electrons. The molecule has 2 saturated heterocycles. The van der Waals surface area contributed by atoms with E-state index in [1.807, 2.05) is 18.4 Å². The van der Waals surface area contributed by atoms with Crippen molar-refractivity contribution < 1.29 is 18.9 Å². The lowest BCUT2D eigenvalue weighted by atomic mass is 10.1. The molecule has 5 rings (SSSR count). The zero-order valence-electron chi connectivity index (χ0n) is 15.9. The Labute approximate surface area is 167 Å². The van der Waals surface area contributed by atoms with E-state index < -0.39 is 12.0 Å². The fourth-order valence-electron chi connectivity index (χ4n) is 4.32. The van der Waals surface area contributed by atoms with Gasteiger partial charge in [0.25, 0.3) is 0 Å². The van der Waals surface area contributed by atoms with Crippen molar-refractivity contribution in [2.24, 2.45) is 0 Å². The number of nitrogen functional groups attached to an aromatic ring is 1. The van der Waals surface area contributed by atoms with Crippen molar-refractivity contribution in [1.82, 2.24) is 19.5 Å². The SMILES string of the molecule is CC1(C)O[C@@H]2[C@H](O1)[C@@H](CCl)O[C@H]2n1cnc2c(N)nc(OC3CCCC3)nc21. The number of fused-ring (bicyclic) bond motifs is 2. The van der Waals surface area contributed by atoms with Gasteiger partial charge in [-0.3, -0.25) is 4.57 Å². The van der Waals surface area contributed by atoms with Crippen molar-refractivity contribution in [3.63, 3.8) is 0 Å². The summed E-state index contributed by atoms with van der Waals surface area (Å²) in [6, 6.07) is 0.269. The van der Waals surface area contributed by atoms with Crippen LogP contribution in [0.15, 0.2) is 6.33 Å². The van der Waals surface area contributed by atoms with E-state index in [-0.39, 0.29) is 36.2 Å². The third kappa shape index (κ3) is 3.01. The molecule has 0 unspecified atom stereocenters. The Morgan fingerprint density at radius 3 is 2.75 bits per heavy atom. The second-order valence-corrected chi connectivity index (χ2v) is 8.33. The first-order chi connectivity index (χ1) is 13.4. The molecule has 2 aromatic rings. The third-order valence-corrected chi connectivity index (χ3v) is 5.86. The van der Waals surface area contributed by atoms with Crippen LogP contribution in [0, 0.1) is 0 Å². The lowest BCUT2D eigenvalue weighted by Crippen LogP contribution is -2.30. The molecule has 9 nitrogen and oxygen atoms in total. The number of hydrogen-bond donors (Lipinski definition) is 1. The standard InChI is InChI=1S/C18H24ClN5O4/c1-18(2)27-12-10(7-19)26-16(13(12)28-18)24-8-21-11-14(20)22-17(23-15(11)24)25-9-5-3-4-6-9/h8-10,12-13,16H,3-7H2,1-2H3,(H2,20,22,23)/t10-,12-,13-,16-/m1/s1. The van der Waals surface area contributed by atoms with Crippen molar-refractivity contribution in [1.29, 1.82) is 0 Å². The highest BCUT2D eigenvalue weighted by atomic mass is 35.5. The monoisotopic (exact) mass is 409 g/mol. The van der Waals surface area contributed by atoms with Gasteiger partial charge in [0.05, 0.1) is 12.2 Å². The average molecular weight is 410 g/mol. The van der Waals surface area contributed by atoms with Crippen LogP contribution in [0.3, 0.4) is 0 Å². The van der Waals surface area contributed by atoms with Crippen LogP contribution in [0.5, 0.6) is 6.01 Å². The highest BCUT2D eigenvalue weighted by Gasteiger charge is 2.55. The van der Waals surface area contributed by atoms with E-state index in [1.54, 1.807) is 6.33 Å². The summed E-state index contributed by atoms with van der Waals surface area (Å²) in [5.74, 6) is -0.121. The van der Waals surface area contributed by atoms with Crippen LogP contribution in [-0.2, 0) is 14.2 Å². The van der Waals surface area contributed by atoms with Gasteiger partial charge < -0.3 is 24.7 Å². The molecule has 0 radical (unpaired) electrons. The second kappa shape index (κ2) is 6.69. The van der Waals surface area contributed by atoms with Crippen LogP contribution in [0.4, 0.5) is 5.82 Å². The van der Waals surface area contributed by atoms with Crippen molar-refractivity contribution in [3.8, 4) is 6.01 Å². The second-order valence-electron chi connectivity index (χ2n) is 8.02. The van der Waals surface area contributed by atoms with Gasteiger partial charge in [-0.05, 0) is 39.5 Å². The molecule has 10 heteroatoms. The van der Waals surface area contributed by atoms with Crippen molar-refractivity contribution in [3.05, 3.63) is 6.33 Å². The summed E-state index contributed by atoms with van der Waals surface area (Å²) in [4.78, 5) is 13.2. The smallest absolute Gasteiger partial charge is 0.320 e. The number of nitrogens with two attached hydrogens (primary N) is 1. The van der Waals surface area contributed by atoms with Gasteiger partial charge in [-0.1, -0.05) is 0 Å². The van der Waals surface area contributed by atoms with Crippen molar-refractivity contribution >= 4 is 28.6 Å².